The molecule has 10 heteroatoms. The number of H-pyrrole nitrogens is 1. The number of nitrogens with one attached hydrogen (secondary N) is 2. The number of aromatic nitrogens is 3. The first-order valence-corrected chi connectivity index (χ1v) is 7.54. The van der Waals surface area contributed by atoms with Gasteiger partial charge in [0.15, 0.2) is 0 Å². The van der Waals surface area contributed by atoms with E-state index in [1.165, 1.54) is 11.8 Å². The first-order valence-electron chi connectivity index (χ1n) is 7.54. The molecular weight excluding hydrogens is 324 g/mol. The second-order valence-electron chi connectivity index (χ2n) is 6.64. The Bertz CT molecular complexity index is 626. The number of rotatable bonds is 4. The molecule has 8 nitrogen and oxygen atoms in total. The summed E-state index contributed by atoms with van der Waals surface area (Å²) in [5.41, 5.74) is -0.690. The number of alkyl halides is 2. The SMILES string of the molecule is Cc1nc(C(F)(F)CNC(=O)[C@H]2CCN2C(=O)OC(C)(C)C)n[nH]1. The molecule has 0 unspecified atom stereocenters. The van der Waals surface area contributed by atoms with E-state index >= 15 is 0 Å². The van der Waals surface area contributed by atoms with Gasteiger partial charge in [-0.3, -0.25) is 14.8 Å². The summed E-state index contributed by atoms with van der Waals surface area (Å²) in [6, 6.07) is -0.801. The van der Waals surface area contributed by atoms with Crippen LogP contribution >= 0.6 is 0 Å². The van der Waals surface area contributed by atoms with Crippen molar-refractivity contribution in [1.29, 1.82) is 0 Å². The average Bonchev–Trinajstić information content (AvgIpc) is 2.80. The van der Waals surface area contributed by atoms with Crippen LogP contribution in [-0.4, -0.2) is 56.8 Å². The van der Waals surface area contributed by atoms with Crippen molar-refractivity contribution in [3.8, 4) is 0 Å². The van der Waals surface area contributed by atoms with E-state index in [0.717, 1.165) is 0 Å². The van der Waals surface area contributed by atoms with Gasteiger partial charge in [-0.05, 0) is 34.1 Å². The molecule has 0 bridgehead atoms. The minimum atomic E-state index is -3.40. The molecule has 0 aromatic carbocycles. The molecule has 0 saturated carbocycles. The molecule has 0 aliphatic carbocycles. The maximum atomic E-state index is 13.9. The molecule has 1 fully saturated rings. The lowest BCUT2D eigenvalue weighted by molar-refractivity contribution is -0.132. The molecule has 2 rings (SSSR count). The number of ether oxygens (including phenoxy) is 1. The molecule has 1 aromatic rings. The Balaban J connectivity index is 1.89. The number of aryl methyl sites for hydroxylation is 1. The Morgan fingerprint density at radius 2 is 2.08 bits per heavy atom. The van der Waals surface area contributed by atoms with Gasteiger partial charge in [-0.1, -0.05) is 0 Å². The van der Waals surface area contributed by atoms with Crippen LogP contribution in [0.15, 0.2) is 0 Å². The zero-order valence-corrected chi connectivity index (χ0v) is 14.0. The predicted molar refractivity (Wildman–Crippen MR) is 79.4 cm³/mol. The Hall–Kier alpha value is -2.26. The minimum absolute atomic E-state index is 0.256. The first-order chi connectivity index (χ1) is 11.0. The fourth-order valence-electron chi connectivity index (χ4n) is 2.10. The molecule has 134 valence electrons. The van der Waals surface area contributed by atoms with Crippen molar-refractivity contribution in [3.63, 3.8) is 0 Å². The van der Waals surface area contributed by atoms with Crippen LogP contribution in [-0.2, 0) is 15.5 Å². The summed E-state index contributed by atoms with van der Waals surface area (Å²) in [6.45, 7) is 6.03. The van der Waals surface area contributed by atoms with Crippen LogP contribution in [0.5, 0.6) is 0 Å². The molecule has 1 aliphatic rings. The molecule has 1 aromatic heterocycles. The van der Waals surface area contributed by atoms with E-state index in [4.69, 9.17) is 4.74 Å². The fraction of sp³-hybridized carbons (Fsp3) is 0.714. The Kier molecular flexibility index (Phi) is 4.77. The van der Waals surface area contributed by atoms with Gasteiger partial charge >= 0.3 is 12.0 Å². The van der Waals surface area contributed by atoms with Crippen molar-refractivity contribution in [1.82, 2.24) is 25.4 Å². The van der Waals surface area contributed by atoms with Gasteiger partial charge in [-0.25, -0.2) is 9.78 Å². The summed E-state index contributed by atoms with van der Waals surface area (Å²) in [6.07, 6.45) is -0.235. The van der Waals surface area contributed by atoms with E-state index in [1.54, 1.807) is 20.8 Å². The minimum Gasteiger partial charge on any atom is -0.444 e. The highest BCUT2D eigenvalue weighted by atomic mass is 19.3. The predicted octanol–water partition coefficient (Wildman–Crippen LogP) is 1.33. The smallest absolute Gasteiger partial charge is 0.410 e. The van der Waals surface area contributed by atoms with Gasteiger partial charge < -0.3 is 10.1 Å². The number of likely N-dealkylation sites (tertiary alicyclic amines) is 1. The van der Waals surface area contributed by atoms with Crippen LogP contribution in [0.25, 0.3) is 0 Å². The van der Waals surface area contributed by atoms with Crippen LogP contribution < -0.4 is 5.32 Å². The highest BCUT2D eigenvalue weighted by Crippen LogP contribution is 2.25. The van der Waals surface area contributed by atoms with Crippen molar-refractivity contribution >= 4 is 12.0 Å². The summed E-state index contributed by atoms with van der Waals surface area (Å²) in [7, 11) is 0. The third-order valence-electron chi connectivity index (χ3n) is 3.36. The maximum absolute atomic E-state index is 13.9. The lowest BCUT2D eigenvalue weighted by Gasteiger charge is -2.40. The molecule has 2 amide bonds. The standard InChI is InChI=1S/C14H21F2N5O3/c1-8-18-11(20-19-8)14(15,16)7-17-10(22)9-5-6-21(9)12(23)24-13(2,3)4/h9H,5-7H2,1-4H3,(H,17,22)(H,18,19,20)/t9-/m1/s1. The fourth-order valence-corrected chi connectivity index (χ4v) is 2.10. The van der Waals surface area contributed by atoms with E-state index in [2.05, 4.69) is 20.5 Å². The van der Waals surface area contributed by atoms with Crippen molar-refractivity contribution in [3.05, 3.63) is 11.6 Å². The Morgan fingerprint density at radius 3 is 2.54 bits per heavy atom. The van der Waals surface area contributed by atoms with Crippen LogP contribution in [0.4, 0.5) is 13.6 Å². The largest absolute Gasteiger partial charge is 0.444 e. The molecule has 0 radical (unpaired) electrons. The summed E-state index contributed by atoms with van der Waals surface area (Å²) in [5, 5.41) is 7.88. The van der Waals surface area contributed by atoms with Gasteiger partial charge in [-0.15, -0.1) is 0 Å². The number of hydrogen-bond donors (Lipinski definition) is 2. The molecule has 24 heavy (non-hydrogen) atoms. The third-order valence-corrected chi connectivity index (χ3v) is 3.36. The average molecular weight is 345 g/mol. The molecule has 2 heterocycles. The summed E-state index contributed by atoms with van der Waals surface area (Å²) in [5.74, 6) is -4.48. The van der Waals surface area contributed by atoms with Gasteiger partial charge in [0.2, 0.25) is 11.7 Å². The van der Waals surface area contributed by atoms with Crippen LogP contribution in [0.3, 0.4) is 0 Å². The molecule has 2 N–H and O–H groups in total. The van der Waals surface area contributed by atoms with Gasteiger partial charge in [0.25, 0.3) is 0 Å². The number of aromatic amines is 1. The number of nitrogens with zero attached hydrogens (tertiary/aromatic N) is 3. The molecule has 0 spiro atoms. The maximum Gasteiger partial charge on any atom is 0.410 e. The van der Waals surface area contributed by atoms with E-state index in [1.807, 2.05) is 0 Å². The Morgan fingerprint density at radius 1 is 1.42 bits per heavy atom. The summed E-state index contributed by atoms with van der Waals surface area (Å²) < 4.78 is 33.0. The molecule has 1 aliphatic heterocycles. The van der Waals surface area contributed by atoms with Crippen LogP contribution in [0.1, 0.15) is 38.8 Å². The first kappa shape index (κ1) is 18.1. The monoisotopic (exact) mass is 345 g/mol. The lowest BCUT2D eigenvalue weighted by atomic mass is 10.0. The second kappa shape index (κ2) is 6.33. The highest BCUT2D eigenvalue weighted by molar-refractivity contribution is 5.87. The van der Waals surface area contributed by atoms with Gasteiger partial charge in [0.05, 0.1) is 6.54 Å². The van der Waals surface area contributed by atoms with Crippen LogP contribution in [0, 0.1) is 6.92 Å². The topological polar surface area (TPSA) is 100 Å². The number of amides is 2. The number of carbonyl (C=O) groups excluding carboxylic acids is 2. The van der Waals surface area contributed by atoms with Gasteiger partial charge in [0, 0.05) is 6.54 Å². The van der Waals surface area contributed by atoms with E-state index in [-0.39, 0.29) is 5.82 Å². The number of carbonyl (C=O) groups is 2. The second-order valence-corrected chi connectivity index (χ2v) is 6.64. The molecule has 1 saturated heterocycles. The highest BCUT2D eigenvalue weighted by Gasteiger charge is 2.42. The number of hydrogen-bond acceptors (Lipinski definition) is 5. The molecule has 1 atom stereocenters. The third kappa shape index (κ3) is 4.18. The van der Waals surface area contributed by atoms with Gasteiger partial charge in [-0.2, -0.15) is 13.9 Å². The summed E-state index contributed by atoms with van der Waals surface area (Å²) >= 11 is 0. The lowest BCUT2D eigenvalue weighted by Crippen LogP contribution is -2.59. The Labute approximate surface area is 137 Å². The van der Waals surface area contributed by atoms with Gasteiger partial charge in [0.1, 0.15) is 17.5 Å². The van der Waals surface area contributed by atoms with Crippen molar-refractivity contribution in [2.45, 2.75) is 51.7 Å². The van der Waals surface area contributed by atoms with Crippen molar-refractivity contribution < 1.29 is 23.1 Å². The zero-order chi connectivity index (χ0) is 18.1. The van der Waals surface area contributed by atoms with Crippen LogP contribution in [0.2, 0.25) is 0 Å². The number of halogens is 2. The normalized spacial score (nSPS) is 18.1. The zero-order valence-electron chi connectivity index (χ0n) is 14.0. The summed E-state index contributed by atoms with van der Waals surface area (Å²) in [4.78, 5) is 28.8. The van der Waals surface area contributed by atoms with E-state index in [0.29, 0.717) is 13.0 Å². The quantitative estimate of drug-likeness (QED) is 0.857. The van der Waals surface area contributed by atoms with E-state index in [9.17, 15) is 18.4 Å². The van der Waals surface area contributed by atoms with Crippen molar-refractivity contribution in [2.75, 3.05) is 13.1 Å². The van der Waals surface area contributed by atoms with E-state index < -0.39 is 41.9 Å². The van der Waals surface area contributed by atoms with Crippen molar-refractivity contribution in [2.24, 2.45) is 0 Å². The molecular formula is C14H21F2N5O3.